The molecule has 26 heavy (non-hydrogen) atoms. The predicted octanol–water partition coefficient (Wildman–Crippen LogP) is 3.44. The molecule has 0 radical (unpaired) electrons. The molecule has 3 N–H and O–H groups in total. The number of pyridine rings is 1. The lowest BCUT2D eigenvalue weighted by molar-refractivity contribution is 0.738. The molecule has 5 heteroatoms. The van der Waals surface area contributed by atoms with Gasteiger partial charge in [-0.3, -0.25) is 0 Å². The zero-order valence-electron chi connectivity index (χ0n) is 16.2. The molecule has 0 aliphatic carbocycles. The van der Waals surface area contributed by atoms with Crippen LogP contribution in [0.4, 0.5) is 22.9 Å². The fourth-order valence-electron chi connectivity index (χ4n) is 3.42. The Bertz CT molecular complexity index is 810. The van der Waals surface area contributed by atoms with Crippen molar-refractivity contribution in [2.45, 2.75) is 19.8 Å². The standard InChI is InChI=1S/C21H29N5/c1-5-15-12-17(16-8-10-23-11-9-16)6-7-19(15)26(4)21-13-20(25(2)3)18(22)14-24-21/h6-8,12-14,23H,5,9-11,22H2,1-4H3. The smallest absolute Gasteiger partial charge is 0.134 e. The molecule has 1 aliphatic heterocycles. The summed E-state index contributed by atoms with van der Waals surface area (Å²) in [6.45, 7) is 4.22. The second kappa shape index (κ2) is 7.79. The third-order valence-corrected chi connectivity index (χ3v) is 4.98. The van der Waals surface area contributed by atoms with Crippen molar-refractivity contribution in [1.29, 1.82) is 0 Å². The largest absolute Gasteiger partial charge is 0.396 e. The molecule has 0 unspecified atom stereocenters. The van der Waals surface area contributed by atoms with Crippen LogP contribution in [0.25, 0.3) is 5.57 Å². The Balaban J connectivity index is 1.95. The minimum atomic E-state index is 0.691. The van der Waals surface area contributed by atoms with E-state index in [2.05, 4.69) is 53.4 Å². The van der Waals surface area contributed by atoms with Gasteiger partial charge >= 0.3 is 0 Å². The quantitative estimate of drug-likeness (QED) is 0.864. The van der Waals surface area contributed by atoms with Crippen molar-refractivity contribution >= 4 is 28.5 Å². The Morgan fingerprint density at radius 3 is 2.62 bits per heavy atom. The predicted molar refractivity (Wildman–Crippen MR) is 112 cm³/mol. The normalized spacial score (nSPS) is 14.1. The first kappa shape index (κ1) is 18.3. The van der Waals surface area contributed by atoms with Crippen LogP contribution in [-0.2, 0) is 6.42 Å². The fourth-order valence-corrected chi connectivity index (χ4v) is 3.42. The van der Waals surface area contributed by atoms with Crippen molar-refractivity contribution < 1.29 is 0 Å². The van der Waals surface area contributed by atoms with Crippen molar-refractivity contribution in [3.63, 3.8) is 0 Å². The third-order valence-electron chi connectivity index (χ3n) is 4.98. The number of nitrogen functional groups attached to an aromatic ring is 1. The van der Waals surface area contributed by atoms with Crippen molar-refractivity contribution in [3.05, 3.63) is 47.7 Å². The van der Waals surface area contributed by atoms with Crippen LogP contribution in [0.5, 0.6) is 0 Å². The molecular weight excluding hydrogens is 322 g/mol. The number of hydrogen-bond donors (Lipinski definition) is 2. The fraction of sp³-hybridized carbons (Fsp3) is 0.381. The molecule has 138 valence electrons. The lowest BCUT2D eigenvalue weighted by Crippen LogP contribution is -2.20. The van der Waals surface area contributed by atoms with Crippen molar-refractivity contribution in [2.24, 2.45) is 0 Å². The summed E-state index contributed by atoms with van der Waals surface area (Å²) >= 11 is 0. The van der Waals surface area contributed by atoms with E-state index >= 15 is 0 Å². The maximum absolute atomic E-state index is 6.05. The molecule has 0 spiro atoms. The summed E-state index contributed by atoms with van der Waals surface area (Å²) in [4.78, 5) is 8.70. The van der Waals surface area contributed by atoms with Gasteiger partial charge in [-0.2, -0.15) is 0 Å². The number of benzene rings is 1. The van der Waals surface area contributed by atoms with Gasteiger partial charge in [0.1, 0.15) is 5.82 Å². The minimum Gasteiger partial charge on any atom is -0.396 e. The van der Waals surface area contributed by atoms with Gasteiger partial charge in [0.05, 0.1) is 17.6 Å². The Morgan fingerprint density at radius 1 is 1.15 bits per heavy atom. The first-order valence-electron chi connectivity index (χ1n) is 9.21. The van der Waals surface area contributed by atoms with Gasteiger partial charge in [-0.05, 0) is 48.2 Å². The summed E-state index contributed by atoms with van der Waals surface area (Å²) in [6.07, 6.45) is 6.10. The average molecular weight is 351 g/mol. The summed E-state index contributed by atoms with van der Waals surface area (Å²) in [6, 6.07) is 8.81. The van der Waals surface area contributed by atoms with E-state index < -0.39 is 0 Å². The van der Waals surface area contributed by atoms with E-state index in [9.17, 15) is 0 Å². The summed E-state index contributed by atoms with van der Waals surface area (Å²) in [7, 11) is 6.05. The highest BCUT2D eigenvalue weighted by Gasteiger charge is 2.14. The SMILES string of the molecule is CCc1cc(C2=CCNCC2)ccc1N(C)c1cc(N(C)C)c(N)cn1. The first-order valence-corrected chi connectivity index (χ1v) is 9.21. The van der Waals surface area contributed by atoms with Gasteiger partial charge < -0.3 is 20.9 Å². The molecule has 1 aromatic carbocycles. The summed E-state index contributed by atoms with van der Waals surface area (Å²) in [5.41, 5.74) is 13.0. The van der Waals surface area contributed by atoms with Gasteiger partial charge in [-0.25, -0.2) is 4.98 Å². The maximum Gasteiger partial charge on any atom is 0.134 e. The molecule has 2 heterocycles. The van der Waals surface area contributed by atoms with E-state index in [1.165, 1.54) is 22.4 Å². The molecule has 0 atom stereocenters. The number of nitrogens with two attached hydrogens (primary N) is 1. The van der Waals surface area contributed by atoms with Gasteiger partial charge in [0.15, 0.2) is 0 Å². The van der Waals surface area contributed by atoms with Gasteiger partial charge in [-0.15, -0.1) is 0 Å². The monoisotopic (exact) mass is 351 g/mol. The molecule has 5 nitrogen and oxygen atoms in total. The highest BCUT2D eigenvalue weighted by Crippen LogP contribution is 2.32. The van der Waals surface area contributed by atoms with Crippen LogP contribution in [0.2, 0.25) is 0 Å². The van der Waals surface area contributed by atoms with E-state index in [-0.39, 0.29) is 0 Å². The Morgan fingerprint density at radius 2 is 1.96 bits per heavy atom. The lowest BCUT2D eigenvalue weighted by Gasteiger charge is -2.25. The van der Waals surface area contributed by atoms with Crippen molar-refractivity contribution in [1.82, 2.24) is 10.3 Å². The van der Waals surface area contributed by atoms with Crippen LogP contribution >= 0.6 is 0 Å². The lowest BCUT2D eigenvalue weighted by atomic mass is 9.96. The van der Waals surface area contributed by atoms with Crippen LogP contribution in [0.1, 0.15) is 24.5 Å². The van der Waals surface area contributed by atoms with Crippen LogP contribution in [0.3, 0.4) is 0 Å². The van der Waals surface area contributed by atoms with Crippen LogP contribution in [0, 0.1) is 0 Å². The molecule has 1 aliphatic rings. The van der Waals surface area contributed by atoms with E-state index in [1.807, 2.05) is 25.1 Å². The minimum absolute atomic E-state index is 0.691. The maximum atomic E-state index is 6.05. The van der Waals surface area contributed by atoms with Crippen molar-refractivity contribution in [3.8, 4) is 0 Å². The Kier molecular flexibility index (Phi) is 5.47. The number of anilines is 4. The number of nitrogens with zero attached hydrogens (tertiary/aromatic N) is 3. The van der Waals surface area contributed by atoms with Crippen LogP contribution < -0.4 is 20.9 Å². The number of aryl methyl sites for hydroxylation is 1. The van der Waals surface area contributed by atoms with E-state index in [0.29, 0.717) is 5.69 Å². The summed E-state index contributed by atoms with van der Waals surface area (Å²) in [5.74, 6) is 0.895. The second-order valence-electron chi connectivity index (χ2n) is 6.94. The second-order valence-corrected chi connectivity index (χ2v) is 6.94. The molecular formula is C21H29N5. The highest BCUT2D eigenvalue weighted by molar-refractivity contribution is 5.75. The van der Waals surface area contributed by atoms with E-state index in [0.717, 1.165) is 37.4 Å². The highest BCUT2D eigenvalue weighted by atomic mass is 15.2. The summed E-state index contributed by atoms with van der Waals surface area (Å²) < 4.78 is 0. The number of nitrogens with one attached hydrogen (secondary N) is 1. The number of hydrogen-bond acceptors (Lipinski definition) is 5. The van der Waals surface area contributed by atoms with E-state index in [1.54, 1.807) is 6.20 Å². The average Bonchev–Trinajstić information content (AvgIpc) is 2.67. The zero-order chi connectivity index (χ0) is 18.7. The third kappa shape index (κ3) is 3.68. The van der Waals surface area contributed by atoms with Gasteiger partial charge in [-0.1, -0.05) is 19.1 Å². The Hall–Kier alpha value is -2.53. The molecule has 1 aromatic heterocycles. The van der Waals surface area contributed by atoms with Crippen LogP contribution in [0.15, 0.2) is 36.5 Å². The zero-order valence-corrected chi connectivity index (χ0v) is 16.2. The molecule has 2 aromatic rings. The number of rotatable bonds is 5. The molecule has 0 bridgehead atoms. The molecule has 0 amide bonds. The summed E-state index contributed by atoms with van der Waals surface area (Å²) in [5, 5.41) is 3.38. The van der Waals surface area contributed by atoms with Crippen LogP contribution in [-0.4, -0.2) is 39.2 Å². The van der Waals surface area contributed by atoms with Gasteiger partial charge in [0.25, 0.3) is 0 Å². The van der Waals surface area contributed by atoms with Gasteiger partial charge in [0, 0.05) is 39.4 Å². The molecule has 3 rings (SSSR count). The Labute approximate surface area is 156 Å². The van der Waals surface area contributed by atoms with Crippen molar-refractivity contribution in [2.75, 3.05) is 49.8 Å². The topological polar surface area (TPSA) is 57.4 Å². The first-order chi connectivity index (χ1) is 12.5. The molecule has 0 saturated heterocycles. The number of aromatic nitrogens is 1. The van der Waals surface area contributed by atoms with Gasteiger partial charge in [0.2, 0.25) is 0 Å². The molecule has 0 fully saturated rings. The van der Waals surface area contributed by atoms with E-state index in [4.69, 9.17) is 5.73 Å². The molecule has 0 saturated carbocycles.